The second-order valence-electron chi connectivity index (χ2n) is 7.61. The average molecular weight is 420 g/mol. The van der Waals surface area contributed by atoms with E-state index in [2.05, 4.69) is 4.98 Å². The lowest BCUT2D eigenvalue weighted by molar-refractivity contribution is 0.262. The minimum absolute atomic E-state index is 0.130. The number of nitrogens with zero attached hydrogens (tertiary/aromatic N) is 3. The van der Waals surface area contributed by atoms with E-state index in [-0.39, 0.29) is 18.1 Å². The van der Waals surface area contributed by atoms with Crippen molar-refractivity contribution in [2.75, 3.05) is 13.1 Å². The van der Waals surface area contributed by atoms with Crippen LogP contribution in [0.2, 0.25) is 0 Å². The van der Waals surface area contributed by atoms with Gasteiger partial charge in [-0.05, 0) is 36.4 Å². The van der Waals surface area contributed by atoms with Gasteiger partial charge in [0.05, 0.1) is 28.2 Å². The molecular weight excluding hydrogens is 398 g/mol. The number of sulfonamides is 1. The monoisotopic (exact) mass is 419 g/mol. The van der Waals surface area contributed by atoms with E-state index in [1.165, 1.54) is 4.31 Å². The number of hydrogen-bond donors (Lipinski definition) is 0. The Balaban J connectivity index is 1.53. The zero-order valence-corrected chi connectivity index (χ0v) is 17.1. The molecule has 2 heterocycles. The second-order valence-corrected chi connectivity index (χ2v) is 9.52. The van der Waals surface area contributed by atoms with E-state index in [9.17, 15) is 13.2 Å². The summed E-state index contributed by atoms with van der Waals surface area (Å²) in [5.74, 6) is 0. The Morgan fingerprint density at radius 3 is 2.50 bits per heavy atom. The fourth-order valence-electron chi connectivity index (χ4n) is 4.27. The molecule has 1 fully saturated rings. The highest BCUT2D eigenvalue weighted by atomic mass is 32.2. The van der Waals surface area contributed by atoms with Gasteiger partial charge < -0.3 is 0 Å². The molecule has 1 aliphatic rings. The van der Waals surface area contributed by atoms with Crippen LogP contribution in [0, 0.1) is 0 Å². The van der Waals surface area contributed by atoms with Gasteiger partial charge in [-0.1, -0.05) is 48.5 Å². The number of fused-ring (bicyclic) bond motifs is 2. The molecule has 0 saturated carbocycles. The zero-order valence-electron chi connectivity index (χ0n) is 16.3. The van der Waals surface area contributed by atoms with Crippen molar-refractivity contribution in [3.05, 3.63) is 83.4 Å². The first kappa shape index (κ1) is 19.0. The van der Waals surface area contributed by atoms with E-state index in [0.717, 1.165) is 11.8 Å². The van der Waals surface area contributed by atoms with Crippen LogP contribution in [0.4, 0.5) is 0 Å². The molecule has 0 aliphatic carbocycles. The molecule has 1 atom stereocenters. The number of para-hydroxylation sites is 1. The number of rotatable bonds is 3. The van der Waals surface area contributed by atoms with Gasteiger partial charge in [0.15, 0.2) is 0 Å². The SMILES string of the molecule is O=c1c2ccccc2ncn1[C@H]1CCCN(S(=O)(=O)c2cccc3ccccc23)C1. The zero-order chi connectivity index (χ0) is 20.7. The normalized spacial score (nSPS) is 18.1. The third-order valence-electron chi connectivity index (χ3n) is 5.81. The maximum Gasteiger partial charge on any atom is 0.261 e. The van der Waals surface area contributed by atoms with Gasteiger partial charge in [-0.3, -0.25) is 9.36 Å². The second kappa shape index (κ2) is 7.34. The van der Waals surface area contributed by atoms with E-state index in [1.54, 1.807) is 35.2 Å². The summed E-state index contributed by atoms with van der Waals surface area (Å²) >= 11 is 0. The van der Waals surface area contributed by atoms with E-state index >= 15 is 0 Å². The minimum Gasteiger partial charge on any atom is -0.294 e. The van der Waals surface area contributed by atoms with Gasteiger partial charge in [-0.15, -0.1) is 0 Å². The van der Waals surface area contributed by atoms with Gasteiger partial charge in [0.1, 0.15) is 0 Å². The van der Waals surface area contributed by atoms with Crippen molar-refractivity contribution in [2.45, 2.75) is 23.8 Å². The summed E-state index contributed by atoms with van der Waals surface area (Å²) in [6, 6.07) is 19.8. The van der Waals surface area contributed by atoms with Gasteiger partial charge in [-0.25, -0.2) is 13.4 Å². The van der Waals surface area contributed by atoms with Gasteiger partial charge >= 0.3 is 0 Å². The topological polar surface area (TPSA) is 72.3 Å². The van der Waals surface area contributed by atoms with Crippen LogP contribution in [0.5, 0.6) is 0 Å². The quantitative estimate of drug-likeness (QED) is 0.509. The maximum absolute atomic E-state index is 13.5. The molecule has 1 aliphatic heterocycles. The van der Waals surface area contributed by atoms with Crippen molar-refractivity contribution in [2.24, 2.45) is 0 Å². The lowest BCUT2D eigenvalue weighted by Crippen LogP contribution is -2.42. The van der Waals surface area contributed by atoms with E-state index < -0.39 is 10.0 Å². The Labute approximate surface area is 174 Å². The van der Waals surface area contributed by atoms with Gasteiger partial charge in [0.25, 0.3) is 5.56 Å². The van der Waals surface area contributed by atoms with Crippen LogP contribution >= 0.6 is 0 Å². The average Bonchev–Trinajstić information content (AvgIpc) is 2.79. The minimum atomic E-state index is -3.69. The Morgan fingerprint density at radius 2 is 1.63 bits per heavy atom. The predicted molar refractivity (Wildman–Crippen MR) is 117 cm³/mol. The summed E-state index contributed by atoms with van der Waals surface area (Å²) in [4.78, 5) is 17.7. The predicted octanol–water partition coefficient (Wildman–Crippen LogP) is 3.58. The summed E-state index contributed by atoms with van der Waals surface area (Å²) in [7, 11) is -3.69. The number of piperidine rings is 1. The molecule has 0 bridgehead atoms. The standard InChI is InChI=1S/C23H21N3O3S/c27-23-20-11-3-4-12-21(20)24-16-26(23)18-9-6-14-25(15-18)30(28,29)22-13-5-8-17-7-1-2-10-19(17)22/h1-5,7-8,10-13,16,18H,6,9,14-15H2/t18-/m0/s1. The fourth-order valence-corrected chi connectivity index (χ4v) is 6.00. The Bertz CT molecular complexity index is 1410. The smallest absolute Gasteiger partial charge is 0.261 e. The maximum atomic E-state index is 13.5. The fraction of sp³-hybridized carbons (Fsp3) is 0.217. The number of hydrogen-bond acceptors (Lipinski definition) is 4. The third-order valence-corrected chi connectivity index (χ3v) is 7.73. The van der Waals surface area contributed by atoms with E-state index in [4.69, 9.17) is 0 Å². The molecule has 30 heavy (non-hydrogen) atoms. The van der Waals surface area contributed by atoms with Crippen molar-refractivity contribution in [3.8, 4) is 0 Å². The summed E-state index contributed by atoms with van der Waals surface area (Å²) in [5.41, 5.74) is 0.518. The van der Waals surface area contributed by atoms with Crippen LogP contribution in [0.15, 0.2) is 82.7 Å². The molecule has 0 spiro atoms. The molecule has 0 radical (unpaired) electrons. The van der Waals surface area contributed by atoms with Crippen LogP contribution in [0.1, 0.15) is 18.9 Å². The molecule has 152 valence electrons. The van der Waals surface area contributed by atoms with Crippen molar-refractivity contribution in [3.63, 3.8) is 0 Å². The molecule has 3 aromatic carbocycles. The highest BCUT2D eigenvalue weighted by Gasteiger charge is 2.32. The van der Waals surface area contributed by atoms with Crippen molar-refractivity contribution in [1.29, 1.82) is 0 Å². The van der Waals surface area contributed by atoms with Crippen molar-refractivity contribution < 1.29 is 8.42 Å². The van der Waals surface area contributed by atoms with Crippen LogP contribution in [0.3, 0.4) is 0 Å². The summed E-state index contributed by atoms with van der Waals surface area (Å²) in [5, 5.41) is 2.16. The first-order chi connectivity index (χ1) is 14.6. The van der Waals surface area contributed by atoms with Crippen LogP contribution < -0.4 is 5.56 Å². The molecule has 5 rings (SSSR count). The first-order valence-electron chi connectivity index (χ1n) is 9.99. The summed E-state index contributed by atoms with van der Waals surface area (Å²) in [6.07, 6.45) is 2.97. The lowest BCUT2D eigenvalue weighted by atomic mass is 10.1. The van der Waals surface area contributed by atoms with Crippen LogP contribution in [-0.2, 0) is 10.0 Å². The Morgan fingerprint density at radius 1 is 0.900 bits per heavy atom. The third kappa shape index (κ3) is 3.11. The molecule has 0 N–H and O–H groups in total. The van der Waals surface area contributed by atoms with Gasteiger partial charge in [-0.2, -0.15) is 4.31 Å². The Kier molecular flexibility index (Phi) is 4.64. The van der Waals surface area contributed by atoms with Gasteiger partial charge in [0, 0.05) is 18.5 Å². The molecule has 1 aromatic heterocycles. The highest BCUT2D eigenvalue weighted by Crippen LogP contribution is 2.30. The highest BCUT2D eigenvalue weighted by molar-refractivity contribution is 7.89. The van der Waals surface area contributed by atoms with E-state index in [1.807, 2.05) is 42.5 Å². The number of aromatic nitrogens is 2. The first-order valence-corrected chi connectivity index (χ1v) is 11.4. The van der Waals surface area contributed by atoms with Crippen LogP contribution in [0.25, 0.3) is 21.7 Å². The van der Waals surface area contributed by atoms with Crippen LogP contribution in [-0.4, -0.2) is 35.4 Å². The van der Waals surface area contributed by atoms with E-state index in [0.29, 0.717) is 34.2 Å². The molecule has 0 unspecified atom stereocenters. The molecule has 4 aromatic rings. The Hall–Kier alpha value is -3.03. The molecule has 6 nitrogen and oxygen atoms in total. The largest absolute Gasteiger partial charge is 0.294 e. The molecule has 0 amide bonds. The lowest BCUT2D eigenvalue weighted by Gasteiger charge is -2.33. The number of benzene rings is 3. The molecule has 1 saturated heterocycles. The summed E-state index contributed by atoms with van der Waals surface area (Å²) < 4.78 is 30.1. The summed E-state index contributed by atoms with van der Waals surface area (Å²) in [6.45, 7) is 0.698. The van der Waals surface area contributed by atoms with Crippen molar-refractivity contribution in [1.82, 2.24) is 13.9 Å². The molecular formula is C23H21N3O3S. The molecule has 7 heteroatoms. The van der Waals surface area contributed by atoms with Gasteiger partial charge in [0.2, 0.25) is 10.0 Å². The van der Waals surface area contributed by atoms with Crippen molar-refractivity contribution >= 4 is 31.7 Å².